The molecule has 7 aliphatic carbocycles. The van der Waals surface area contributed by atoms with E-state index >= 15 is 0 Å². The van der Waals surface area contributed by atoms with E-state index in [1.807, 2.05) is 0 Å². The molecule has 1 nitrogen and oxygen atoms in total. The molecular weight excluding hydrogens is 674 g/mol. The van der Waals surface area contributed by atoms with Gasteiger partial charge in [-0.1, -0.05) is 112 Å². The van der Waals surface area contributed by atoms with Crippen molar-refractivity contribution in [3.63, 3.8) is 0 Å². The Morgan fingerprint density at radius 2 is 0.870 bits per heavy atom. The summed E-state index contributed by atoms with van der Waals surface area (Å²) in [7, 11) is 0. The quantitative estimate of drug-likeness (QED) is 0.176. The summed E-state index contributed by atoms with van der Waals surface area (Å²) < 4.78 is 0. The van der Waals surface area contributed by atoms with Gasteiger partial charge in [0, 0.05) is 38.3 Å². The van der Waals surface area contributed by atoms with Crippen molar-refractivity contribution >= 4 is 28.7 Å². The molecule has 266 valence electrons. The minimum absolute atomic E-state index is 0.0630. The molecule has 6 aromatic carbocycles. The lowest BCUT2D eigenvalue weighted by atomic mass is 9.43. The summed E-state index contributed by atoms with van der Waals surface area (Å²) in [5.74, 6) is 3.18. The number of nitrogens with zero attached hydrogens (tertiary/aromatic N) is 1. The molecular formula is C52H46ClN. The molecule has 4 fully saturated rings. The highest BCUT2D eigenvalue weighted by atomic mass is 35.5. The first-order chi connectivity index (χ1) is 26.1. The highest BCUT2D eigenvalue weighted by Gasteiger charge is 2.61. The van der Waals surface area contributed by atoms with E-state index in [0.717, 1.165) is 16.9 Å². The molecule has 7 aliphatic rings. The van der Waals surface area contributed by atoms with Gasteiger partial charge in [-0.3, -0.25) is 0 Å². The van der Waals surface area contributed by atoms with E-state index in [0.29, 0.717) is 11.8 Å². The fraction of sp³-hybridized carbons (Fsp3) is 0.308. The largest absolute Gasteiger partial charge is 0.310 e. The Labute approximate surface area is 325 Å². The molecule has 1 spiro atoms. The van der Waals surface area contributed by atoms with Gasteiger partial charge in [-0.15, -0.1) is 0 Å². The Balaban J connectivity index is 1.09. The second-order valence-electron chi connectivity index (χ2n) is 18.7. The van der Waals surface area contributed by atoms with Crippen LogP contribution in [0.25, 0.3) is 33.4 Å². The summed E-state index contributed by atoms with van der Waals surface area (Å²) in [6.07, 6.45) is 6.91. The average Bonchev–Trinajstić information content (AvgIpc) is 3.68. The molecule has 0 N–H and O–H groups in total. The van der Waals surface area contributed by atoms with Gasteiger partial charge in [0.1, 0.15) is 0 Å². The van der Waals surface area contributed by atoms with Gasteiger partial charge >= 0.3 is 0 Å². The second-order valence-corrected chi connectivity index (χ2v) is 19.2. The third-order valence-electron chi connectivity index (χ3n) is 15.5. The molecule has 0 unspecified atom stereocenters. The number of fused-ring (bicyclic) bond motifs is 9. The third-order valence-corrected chi connectivity index (χ3v) is 15.7. The smallest absolute Gasteiger partial charge is 0.0465 e. The van der Waals surface area contributed by atoms with Crippen LogP contribution in [0, 0.1) is 23.7 Å². The van der Waals surface area contributed by atoms with Gasteiger partial charge in [0.2, 0.25) is 0 Å². The maximum Gasteiger partial charge on any atom is 0.0465 e. The Kier molecular flexibility index (Phi) is 6.22. The first kappa shape index (κ1) is 31.7. The van der Waals surface area contributed by atoms with Gasteiger partial charge < -0.3 is 4.90 Å². The first-order valence-corrected chi connectivity index (χ1v) is 20.8. The number of rotatable bonds is 3. The zero-order chi connectivity index (χ0) is 36.3. The lowest BCUT2D eigenvalue weighted by molar-refractivity contribution is -0.0399. The highest BCUT2D eigenvalue weighted by Crippen LogP contribution is 2.70. The van der Waals surface area contributed by atoms with Crippen LogP contribution in [-0.2, 0) is 16.2 Å². The third kappa shape index (κ3) is 3.92. The van der Waals surface area contributed by atoms with Crippen LogP contribution >= 0.6 is 11.6 Å². The lowest BCUT2D eigenvalue weighted by Gasteiger charge is -2.61. The molecule has 4 bridgehead atoms. The van der Waals surface area contributed by atoms with Crippen LogP contribution in [0.5, 0.6) is 0 Å². The van der Waals surface area contributed by atoms with Crippen molar-refractivity contribution < 1.29 is 0 Å². The van der Waals surface area contributed by atoms with Gasteiger partial charge in [0.05, 0.1) is 0 Å². The molecule has 0 atom stereocenters. The molecule has 0 aliphatic heterocycles. The van der Waals surface area contributed by atoms with E-state index in [9.17, 15) is 0 Å². The molecule has 0 radical (unpaired) electrons. The van der Waals surface area contributed by atoms with Crippen LogP contribution in [0.4, 0.5) is 17.1 Å². The zero-order valence-electron chi connectivity index (χ0n) is 31.7. The van der Waals surface area contributed by atoms with Crippen LogP contribution < -0.4 is 4.90 Å². The van der Waals surface area contributed by atoms with Gasteiger partial charge in [0.25, 0.3) is 0 Å². The van der Waals surface area contributed by atoms with Crippen molar-refractivity contribution in [3.05, 3.63) is 160 Å². The average molecular weight is 720 g/mol. The molecule has 4 saturated carbocycles. The van der Waals surface area contributed by atoms with Crippen molar-refractivity contribution in [1.29, 1.82) is 0 Å². The summed E-state index contributed by atoms with van der Waals surface area (Å²) >= 11 is 6.81. The highest BCUT2D eigenvalue weighted by molar-refractivity contribution is 6.31. The normalized spacial score (nSPS) is 26.2. The Morgan fingerprint density at radius 3 is 1.39 bits per heavy atom. The van der Waals surface area contributed by atoms with E-state index < -0.39 is 0 Å². The van der Waals surface area contributed by atoms with Crippen molar-refractivity contribution in [2.24, 2.45) is 23.7 Å². The molecule has 0 amide bonds. The molecule has 0 aromatic heterocycles. The predicted molar refractivity (Wildman–Crippen MR) is 225 cm³/mol. The number of anilines is 3. The number of halogens is 1. The van der Waals surface area contributed by atoms with Crippen LogP contribution in [0.15, 0.2) is 121 Å². The van der Waals surface area contributed by atoms with E-state index in [1.54, 1.807) is 11.1 Å². The summed E-state index contributed by atoms with van der Waals surface area (Å²) in [5, 5.41) is 0.842. The minimum atomic E-state index is -0.0849. The maximum absolute atomic E-state index is 6.81. The summed E-state index contributed by atoms with van der Waals surface area (Å²) in [6, 6.07) is 46.9. The van der Waals surface area contributed by atoms with Crippen molar-refractivity contribution in [1.82, 2.24) is 0 Å². The molecule has 2 heteroatoms. The van der Waals surface area contributed by atoms with E-state index in [1.165, 1.54) is 105 Å². The van der Waals surface area contributed by atoms with E-state index in [-0.39, 0.29) is 16.2 Å². The zero-order valence-corrected chi connectivity index (χ0v) is 32.5. The Bertz CT molecular complexity index is 2470. The van der Waals surface area contributed by atoms with Crippen molar-refractivity contribution in [2.45, 2.75) is 76.0 Å². The first-order valence-electron chi connectivity index (χ1n) is 20.4. The SMILES string of the molecule is CC1(C)c2ccccc2-c2ccc(N(c3ccc4c(c3)C(C)(C)c3ccccc3-4)c3ccc4c(c3)C3(c5ccc(Cl)cc5-4)C4CC5CC(C4)CC3C5)cc21. The molecule has 54 heavy (non-hydrogen) atoms. The van der Waals surface area contributed by atoms with Gasteiger partial charge in [0.15, 0.2) is 0 Å². The summed E-state index contributed by atoms with van der Waals surface area (Å²) in [5.41, 5.74) is 20.6. The standard InChI is InChI=1S/C52H46ClN/c1-50(2)44-11-7-5-9-38(44)40-17-14-35(27-47(40)50)54(36-15-18-41-39-10-6-8-12-45(39)51(3,4)48(41)28-36)37-16-19-42-43-26-34(53)13-20-46(43)52(49(42)29-37)32-22-30-21-31(24-32)25-33(52)23-30/h5-20,26-33H,21-25H2,1-4H3. The van der Waals surface area contributed by atoms with E-state index in [4.69, 9.17) is 11.6 Å². The number of hydrogen-bond donors (Lipinski definition) is 0. The van der Waals surface area contributed by atoms with E-state index in [2.05, 4.69) is 154 Å². The molecule has 6 aromatic rings. The van der Waals surface area contributed by atoms with Crippen LogP contribution in [-0.4, -0.2) is 0 Å². The monoisotopic (exact) mass is 719 g/mol. The van der Waals surface area contributed by atoms with Crippen LogP contribution in [0.2, 0.25) is 5.02 Å². The summed E-state index contributed by atoms with van der Waals surface area (Å²) in [4.78, 5) is 2.58. The maximum atomic E-state index is 6.81. The molecule has 13 rings (SSSR count). The van der Waals surface area contributed by atoms with Gasteiger partial charge in [-0.05, 0) is 171 Å². The number of benzene rings is 6. The summed E-state index contributed by atoms with van der Waals surface area (Å²) in [6.45, 7) is 9.59. The minimum Gasteiger partial charge on any atom is -0.310 e. The van der Waals surface area contributed by atoms with Crippen molar-refractivity contribution in [2.75, 3.05) is 4.90 Å². The van der Waals surface area contributed by atoms with Crippen LogP contribution in [0.1, 0.15) is 93.2 Å². The second kappa shape index (κ2) is 10.6. The van der Waals surface area contributed by atoms with Crippen molar-refractivity contribution in [3.8, 4) is 33.4 Å². The fourth-order valence-electron chi connectivity index (χ4n) is 13.4. The van der Waals surface area contributed by atoms with Crippen LogP contribution in [0.3, 0.4) is 0 Å². The number of hydrogen-bond acceptors (Lipinski definition) is 1. The Morgan fingerprint density at radius 1 is 0.426 bits per heavy atom. The topological polar surface area (TPSA) is 3.24 Å². The van der Waals surface area contributed by atoms with Gasteiger partial charge in [-0.25, -0.2) is 0 Å². The molecule has 0 heterocycles. The molecule has 0 saturated heterocycles. The Hall–Kier alpha value is -4.59. The van der Waals surface area contributed by atoms with Gasteiger partial charge in [-0.2, -0.15) is 0 Å². The predicted octanol–water partition coefficient (Wildman–Crippen LogP) is 14.1. The lowest BCUT2D eigenvalue weighted by Crippen LogP contribution is -2.55. The fourth-order valence-corrected chi connectivity index (χ4v) is 13.6.